The molecule has 0 aromatic carbocycles. The van der Waals surface area contributed by atoms with E-state index in [1.165, 1.54) is 13.2 Å². The van der Waals surface area contributed by atoms with Crippen molar-refractivity contribution in [1.82, 2.24) is 0 Å². The molecule has 7 nitrogen and oxygen atoms in total. The Morgan fingerprint density at radius 3 is 1.72 bits per heavy atom. The summed E-state index contributed by atoms with van der Waals surface area (Å²) in [5, 5.41) is 0. The highest BCUT2D eigenvalue weighted by Crippen LogP contribution is 2.14. The van der Waals surface area contributed by atoms with E-state index in [-0.39, 0.29) is 12.8 Å². The fourth-order valence-corrected chi connectivity index (χ4v) is 2.68. The van der Waals surface area contributed by atoms with Crippen LogP contribution in [0.1, 0.15) is 66.7 Å². The van der Waals surface area contributed by atoms with Crippen molar-refractivity contribution < 1.29 is 31.7 Å². The summed E-state index contributed by atoms with van der Waals surface area (Å²) in [6.45, 7) is 8.41. The lowest BCUT2D eigenvalue weighted by Crippen LogP contribution is -2.28. The molecule has 0 bridgehead atoms. The van der Waals surface area contributed by atoms with Crippen molar-refractivity contribution in [3.63, 3.8) is 0 Å². The van der Waals surface area contributed by atoms with Crippen LogP contribution in [0.4, 0.5) is 0 Å². The van der Waals surface area contributed by atoms with Crippen molar-refractivity contribution >= 4 is 33.8 Å². The van der Waals surface area contributed by atoms with Crippen LogP contribution < -0.4 is 0 Å². The molecule has 0 saturated heterocycles. The monoisotopic (exact) mass is 398 g/mol. The first-order valence-electron chi connectivity index (χ1n) is 8.23. The summed E-state index contributed by atoms with van der Waals surface area (Å²) in [6, 6.07) is 0. The number of ether oxygens (including phenoxy) is 2. The molecule has 0 N–H and O–H groups in total. The average Bonchev–Trinajstić information content (AvgIpc) is 2.44. The molecule has 0 spiro atoms. The lowest BCUT2D eigenvalue weighted by atomic mass is 10.1. The van der Waals surface area contributed by atoms with Gasteiger partial charge in [-0.15, -0.1) is 0 Å². The van der Waals surface area contributed by atoms with Crippen LogP contribution in [0.3, 0.4) is 0 Å². The Balaban J connectivity index is 3.88. The fourth-order valence-electron chi connectivity index (χ4n) is 1.62. The van der Waals surface area contributed by atoms with Crippen molar-refractivity contribution in [2.75, 3.05) is 6.26 Å². The van der Waals surface area contributed by atoms with Gasteiger partial charge in [-0.1, -0.05) is 6.42 Å². The summed E-state index contributed by atoms with van der Waals surface area (Å²) in [4.78, 5) is 23.2. The minimum absolute atomic E-state index is 0.182. The van der Waals surface area contributed by atoms with Gasteiger partial charge in [-0.25, -0.2) is 4.21 Å². The number of hydrogen-bond donors (Lipinski definition) is 0. The Morgan fingerprint density at radius 2 is 1.32 bits per heavy atom. The predicted octanol–water partition coefficient (Wildman–Crippen LogP) is 2.57. The second kappa shape index (κ2) is 11.7. The topological polar surface area (TPSA) is 96.0 Å². The normalized spacial score (nSPS) is 16.6. The van der Waals surface area contributed by atoms with E-state index in [2.05, 4.69) is 0 Å². The third-order valence-electron chi connectivity index (χ3n) is 2.93. The van der Waals surface area contributed by atoms with Gasteiger partial charge >= 0.3 is 11.9 Å². The quantitative estimate of drug-likeness (QED) is 0.390. The number of carbonyl (C=O) groups excluding carboxylic acids is 2. The van der Waals surface area contributed by atoms with Gasteiger partial charge in [-0.2, -0.15) is 0 Å². The van der Waals surface area contributed by atoms with Crippen LogP contribution in [0.15, 0.2) is 0 Å². The lowest BCUT2D eigenvalue weighted by Gasteiger charge is -2.21. The summed E-state index contributed by atoms with van der Waals surface area (Å²) < 4.78 is 38.2. The van der Waals surface area contributed by atoms with E-state index in [0.29, 0.717) is 19.3 Å². The summed E-state index contributed by atoms with van der Waals surface area (Å²) in [6.07, 6.45) is 3.66. The first-order valence-corrected chi connectivity index (χ1v) is 11.0. The molecule has 4 atom stereocenters. The molecule has 9 heteroatoms. The van der Waals surface area contributed by atoms with Gasteiger partial charge in [0.05, 0.1) is 16.4 Å². The number of hydrogen-bond acceptors (Lipinski definition) is 7. The van der Waals surface area contributed by atoms with E-state index >= 15 is 0 Å². The summed E-state index contributed by atoms with van der Waals surface area (Å²) in [5.74, 6) is -0.843. The van der Waals surface area contributed by atoms with E-state index in [4.69, 9.17) is 13.7 Å². The van der Waals surface area contributed by atoms with E-state index in [1.807, 2.05) is 0 Å². The first-order chi connectivity index (χ1) is 11.4. The van der Waals surface area contributed by atoms with Crippen LogP contribution in [0.5, 0.6) is 0 Å². The largest absolute Gasteiger partial charge is 0.449 e. The highest BCUT2D eigenvalue weighted by molar-refractivity contribution is 7.84. The van der Waals surface area contributed by atoms with Crippen molar-refractivity contribution in [2.45, 2.75) is 83.2 Å². The minimum atomic E-state index is -1.71. The molecule has 0 aliphatic carbocycles. The Hall–Kier alpha value is -0.800. The molecular weight excluding hydrogens is 368 g/mol. The van der Waals surface area contributed by atoms with Crippen molar-refractivity contribution in [2.24, 2.45) is 0 Å². The van der Waals surface area contributed by atoms with Crippen molar-refractivity contribution in [3.05, 3.63) is 0 Å². The molecule has 0 saturated carbocycles. The predicted molar refractivity (Wildman–Crippen MR) is 97.2 cm³/mol. The maximum Gasteiger partial charge on any atom is 0.307 e. The van der Waals surface area contributed by atoms with Crippen LogP contribution in [0.25, 0.3) is 0 Å². The molecule has 0 amide bonds. The summed E-state index contributed by atoms with van der Waals surface area (Å²) in [5.41, 5.74) is -2.03. The molecule has 0 fully saturated rings. The molecule has 0 aliphatic heterocycles. The summed E-state index contributed by atoms with van der Waals surface area (Å²) in [7, 11) is -1.20. The Labute approximate surface area is 155 Å². The molecule has 148 valence electrons. The van der Waals surface area contributed by atoms with Crippen molar-refractivity contribution in [1.29, 1.82) is 0 Å². The lowest BCUT2D eigenvalue weighted by molar-refractivity contribution is -0.145. The third-order valence-corrected chi connectivity index (χ3v) is 5.26. The Bertz CT molecular complexity index is 485. The van der Waals surface area contributed by atoms with Crippen LogP contribution in [-0.2, 0) is 45.1 Å². The van der Waals surface area contributed by atoms with Gasteiger partial charge < -0.3 is 9.47 Å². The van der Waals surface area contributed by atoms with Gasteiger partial charge in [0.25, 0.3) is 0 Å². The van der Waals surface area contributed by atoms with Crippen molar-refractivity contribution in [3.8, 4) is 0 Å². The van der Waals surface area contributed by atoms with Gasteiger partial charge in [0.1, 0.15) is 0 Å². The molecule has 0 heterocycles. The second-order valence-electron chi connectivity index (χ2n) is 6.63. The number of unbranched alkanes of at least 4 members (excludes halogenated alkanes) is 2. The zero-order chi connectivity index (χ0) is 19.6. The van der Waals surface area contributed by atoms with Crippen LogP contribution in [0.2, 0.25) is 0 Å². The van der Waals surface area contributed by atoms with E-state index in [1.54, 1.807) is 27.7 Å². The summed E-state index contributed by atoms with van der Waals surface area (Å²) >= 11 is -1.71. The molecule has 4 unspecified atom stereocenters. The molecule has 0 aliphatic rings. The maximum absolute atomic E-state index is 11.8. The number of esters is 2. The van der Waals surface area contributed by atoms with E-state index in [9.17, 15) is 18.0 Å². The van der Waals surface area contributed by atoms with E-state index in [0.717, 1.165) is 0 Å². The van der Waals surface area contributed by atoms with Gasteiger partial charge in [0, 0.05) is 19.1 Å². The van der Waals surface area contributed by atoms with Gasteiger partial charge in [-0.3, -0.25) is 18.0 Å². The van der Waals surface area contributed by atoms with Gasteiger partial charge in [-0.05, 0) is 47.5 Å². The molecule has 0 aromatic rings. The van der Waals surface area contributed by atoms with Crippen LogP contribution in [-0.4, -0.2) is 43.1 Å². The molecule has 0 aromatic heterocycles. The standard InChI is InChI=1S/C16H30O7S2/c1-12(24(6)19)21-14(17)10-8-7-9-11-15(18)22-13(2)25(20)23-16(3,4)5/h12-13H,7-11H2,1-6H3. The zero-order valence-electron chi connectivity index (χ0n) is 15.9. The highest BCUT2D eigenvalue weighted by atomic mass is 32.2. The second-order valence-corrected chi connectivity index (χ2v) is 9.64. The van der Waals surface area contributed by atoms with Crippen LogP contribution in [0, 0.1) is 0 Å². The van der Waals surface area contributed by atoms with E-state index < -0.39 is 50.3 Å². The number of rotatable bonds is 11. The first kappa shape index (κ1) is 24.2. The Kier molecular flexibility index (Phi) is 11.4. The average molecular weight is 399 g/mol. The molecule has 25 heavy (non-hydrogen) atoms. The maximum atomic E-state index is 11.8. The third kappa shape index (κ3) is 13.1. The minimum Gasteiger partial charge on any atom is -0.449 e. The van der Waals surface area contributed by atoms with Crippen LogP contribution >= 0.6 is 0 Å². The van der Waals surface area contributed by atoms with Gasteiger partial charge in [0.15, 0.2) is 22.0 Å². The SMILES string of the molecule is CC(OC(=O)CCCCCC(=O)OC(C)S(=O)OC(C)(C)C)S(C)=O. The molecule has 0 radical (unpaired) electrons. The van der Waals surface area contributed by atoms with Gasteiger partial charge in [0.2, 0.25) is 0 Å². The molecular formula is C16H30O7S2. The highest BCUT2D eigenvalue weighted by Gasteiger charge is 2.23. The smallest absolute Gasteiger partial charge is 0.307 e. The molecule has 0 rings (SSSR count). The Morgan fingerprint density at radius 1 is 0.880 bits per heavy atom. The fraction of sp³-hybridized carbons (Fsp3) is 0.875. The zero-order valence-corrected chi connectivity index (χ0v) is 17.5. The number of carbonyl (C=O) groups is 2.